The molecule has 0 bridgehead atoms. The van der Waals surface area contributed by atoms with Crippen molar-refractivity contribution in [1.82, 2.24) is 5.32 Å². The van der Waals surface area contributed by atoms with E-state index in [1.165, 1.54) is 11.1 Å². The fraction of sp³-hybridized carbons (Fsp3) is 0.435. The van der Waals surface area contributed by atoms with Crippen LogP contribution in [0.25, 0.3) is 0 Å². The van der Waals surface area contributed by atoms with Crippen molar-refractivity contribution in [3.05, 3.63) is 65.2 Å². The Balaban J connectivity index is 1.84. The minimum atomic E-state index is -0.516. The smallest absolute Gasteiger partial charge is 0.260 e. The second kappa shape index (κ2) is 9.42. The largest absolute Gasteiger partial charge is 0.481 e. The van der Waals surface area contributed by atoms with E-state index in [1.807, 2.05) is 24.3 Å². The lowest BCUT2D eigenvalue weighted by atomic mass is 10.0. The number of hydrogen-bond donors (Lipinski definition) is 1. The lowest BCUT2D eigenvalue weighted by Gasteiger charge is -2.18. The molecule has 2 aromatic rings. The Kier molecular flexibility index (Phi) is 7.26. The van der Waals surface area contributed by atoms with Gasteiger partial charge in [0.1, 0.15) is 5.75 Å². The van der Waals surface area contributed by atoms with E-state index in [0.29, 0.717) is 18.4 Å². The van der Waals surface area contributed by atoms with Crippen molar-refractivity contribution >= 4 is 5.91 Å². The van der Waals surface area contributed by atoms with Gasteiger partial charge in [0.25, 0.3) is 5.91 Å². The van der Waals surface area contributed by atoms with E-state index in [9.17, 15) is 4.79 Å². The highest BCUT2D eigenvalue weighted by atomic mass is 16.5. The van der Waals surface area contributed by atoms with Crippen LogP contribution >= 0.6 is 0 Å². The maximum atomic E-state index is 12.3. The normalized spacial score (nSPS) is 12.3. The zero-order valence-corrected chi connectivity index (χ0v) is 16.6. The van der Waals surface area contributed by atoms with Gasteiger partial charge < -0.3 is 10.1 Å². The second-order valence-electron chi connectivity index (χ2n) is 7.39. The van der Waals surface area contributed by atoms with Gasteiger partial charge in [-0.2, -0.15) is 0 Å². The molecule has 1 amide bonds. The summed E-state index contributed by atoms with van der Waals surface area (Å²) in [6.07, 6.45) is 0.303. The van der Waals surface area contributed by atoms with Crippen LogP contribution < -0.4 is 10.1 Å². The Morgan fingerprint density at radius 1 is 0.923 bits per heavy atom. The first-order valence-electron chi connectivity index (χ1n) is 9.50. The molecule has 0 saturated heterocycles. The molecule has 1 N–H and O–H groups in total. The molecule has 0 fully saturated rings. The van der Waals surface area contributed by atoms with Crippen molar-refractivity contribution in [3.8, 4) is 5.75 Å². The van der Waals surface area contributed by atoms with Gasteiger partial charge in [-0.1, -0.05) is 70.2 Å². The number of nitrogens with one attached hydrogen (secondary N) is 1. The molecule has 0 heterocycles. The predicted molar refractivity (Wildman–Crippen MR) is 108 cm³/mol. The van der Waals surface area contributed by atoms with Crippen LogP contribution in [0.2, 0.25) is 0 Å². The maximum Gasteiger partial charge on any atom is 0.260 e. The molecule has 3 heteroatoms. The van der Waals surface area contributed by atoms with Gasteiger partial charge in [0.15, 0.2) is 6.10 Å². The minimum Gasteiger partial charge on any atom is -0.481 e. The first-order chi connectivity index (χ1) is 12.4. The molecular weight excluding hydrogens is 322 g/mol. The highest BCUT2D eigenvalue weighted by Crippen LogP contribution is 2.26. The Hall–Kier alpha value is -2.29. The Bertz CT molecular complexity index is 704. The fourth-order valence-corrected chi connectivity index (χ4v) is 2.85. The molecule has 0 saturated carbocycles. The summed E-state index contributed by atoms with van der Waals surface area (Å²) in [4.78, 5) is 12.3. The van der Waals surface area contributed by atoms with Gasteiger partial charge in [-0.05, 0) is 47.9 Å². The quantitative estimate of drug-likeness (QED) is 0.720. The first-order valence-corrected chi connectivity index (χ1v) is 9.50. The van der Waals surface area contributed by atoms with E-state index in [-0.39, 0.29) is 5.91 Å². The van der Waals surface area contributed by atoms with E-state index in [0.717, 1.165) is 17.7 Å². The van der Waals surface area contributed by atoms with Crippen LogP contribution in [0, 0.1) is 0 Å². The van der Waals surface area contributed by atoms with Crippen molar-refractivity contribution in [2.75, 3.05) is 6.54 Å². The second-order valence-corrected chi connectivity index (χ2v) is 7.39. The van der Waals surface area contributed by atoms with Gasteiger partial charge >= 0.3 is 0 Å². The van der Waals surface area contributed by atoms with Crippen LogP contribution in [-0.2, 0) is 11.2 Å². The highest BCUT2D eigenvalue weighted by Gasteiger charge is 2.16. The molecule has 26 heavy (non-hydrogen) atoms. The van der Waals surface area contributed by atoms with Crippen molar-refractivity contribution in [2.45, 2.75) is 59.0 Å². The summed E-state index contributed by atoms with van der Waals surface area (Å²) in [5.41, 5.74) is 3.69. The molecule has 140 valence electrons. The molecule has 0 aliphatic heterocycles. The van der Waals surface area contributed by atoms with Crippen LogP contribution in [0.15, 0.2) is 48.5 Å². The van der Waals surface area contributed by atoms with E-state index in [4.69, 9.17) is 4.74 Å². The van der Waals surface area contributed by atoms with Gasteiger partial charge in [0.05, 0.1) is 0 Å². The van der Waals surface area contributed by atoms with E-state index in [1.54, 1.807) is 6.92 Å². The molecular formula is C23H31NO2. The van der Waals surface area contributed by atoms with Gasteiger partial charge in [-0.15, -0.1) is 0 Å². The number of para-hydroxylation sites is 1. The lowest BCUT2D eigenvalue weighted by Crippen LogP contribution is -2.37. The zero-order valence-electron chi connectivity index (χ0n) is 16.6. The van der Waals surface area contributed by atoms with Crippen LogP contribution in [0.1, 0.15) is 63.1 Å². The summed E-state index contributed by atoms with van der Waals surface area (Å²) >= 11 is 0. The Morgan fingerprint density at radius 3 is 2.19 bits per heavy atom. The maximum absolute atomic E-state index is 12.3. The molecule has 0 aliphatic carbocycles. The van der Waals surface area contributed by atoms with Crippen LogP contribution in [0.3, 0.4) is 0 Å². The standard InChI is InChI=1S/C23H31NO2/c1-16(2)20-12-10-19(11-13-20)14-15-24-23(25)18(5)26-22-9-7-6-8-21(22)17(3)4/h6-13,16-18H,14-15H2,1-5H3,(H,24,25)/t18-/m1/s1. The molecule has 3 nitrogen and oxygen atoms in total. The van der Waals surface area contributed by atoms with Gasteiger partial charge in [0.2, 0.25) is 0 Å². The third-order valence-corrected chi connectivity index (χ3v) is 4.57. The third kappa shape index (κ3) is 5.62. The fourth-order valence-electron chi connectivity index (χ4n) is 2.85. The molecule has 0 spiro atoms. The molecule has 1 atom stereocenters. The van der Waals surface area contributed by atoms with Gasteiger partial charge in [-0.25, -0.2) is 0 Å². The average molecular weight is 354 g/mol. The Labute approximate surface area is 157 Å². The van der Waals surface area contributed by atoms with Crippen LogP contribution in [0.5, 0.6) is 5.75 Å². The summed E-state index contributed by atoms with van der Waals surface area (Å²) in [5, 5.41) is 2.97. The minimum absolute atomic E-state index is 0.0811. The average Bonchev–Trinajstić information content (AvgIpc) is 2.62. The molecule has 0 radical (unpaired) electrons. The van der Waals surface area contributed by atoms with E-state index >= 15 is 0 Å². The van der Waals surface area contributed by atoms with Crippen molar-refractivity contribution in [2.24, 2.45) is 0 Å². The van der Waals surface area contributed by atoms with Crippen molar-refractivity contribution in [1.29, 1.82) is 0 Å². The summed E-state index contributed by atoms with van der Waals surface area (Å²) < 4.78 is 5.90. The summed E-state index contributed by atoms with van der Waals surface area (Å²) in [6, 6.07) is 16.5. The number of carbonyl (C=O) groups excluding carboxylic acids is 1. The predicted octanol–water partition coefficient (Wildman–Crippen LogP) is 5.06. The molecule has 2 rings (SSSR count). The zero-order chi connectivity index (χ0) is 19.1. The van der Waals surface area contributed by atoms with Crippen molar-refractivity contribution in [3.63, 3.8) is 0 Å². The SMILES string of the molecule is CC(C)c1ccc(CCNC(=O)[C@@H](C)Oc2ccccc2C(C)C)cc1. The summed E-state index contributed by atoms with van der Waals surface area (Å²) in [5.74, 6) is 1.60. The molecule has 2 aromatic carbocycles. The molecule has 0 unspecified atom stereocenters. The van der Waals surface area contributed by atoms with Crippen LogP contribution in [-0.4, -0.2) is 18.6 Å². The molecule has 0 aromatic heterocycles. The topological polar surface area (TPSA) is 38.3 Å². The van der Waals surface area contributed by atoms with E-state index in [2.05, 4.69) is 57.3 Å². The monoisotopic (exact) mass is 353 g/mol. The highest BCUT2D eigenvalue weighted by molar-refractivity contribution is 5.80. The van der Waals surface area contributed by atoms with Crippen LogP contribution in [0.4, 0.5) is 0 Å². The number of benzene rings is 2. The number of rotatable bonds is 8. The number of hydrogen-bond acceptors (Lipinski definition) is 2. The van der Waals surface area contributed by atoms with Gasteiger partial charge in [0, 0.05) is 6.54 Å². The van der Waals surface area contributed by atoms with Crippen molar-refractivity contribution < 1.29 is 9.53 Å². The first kappa shape index (κ1) is 20.0. The Morgan fingerprint density at radius 2 is 1.58 bits per heavy atom. The third-order valence-electron chi connectivity index (χ3n) is 4.57. The summed E-state index contributed by atoms with van der Waals surface area (Å²) in [6.45, 7) is 11.0. The molecule has 0 aliphatic rings. The lowest BCUT2D eigenvalue weighted by molar-refractivity contribution is -0.127. The number of carbonyl (C=O) groups is 1. The van der Waals surface area contributed by atoms with E-state index < -0.39 is 6.10 Å². The van der Waals surface area contributed by atoms with Gasteiger partial charge in [-0.3, -0.25) is 4.79 Å². The summed E-state index contributed by atoms with van der Waals surface area (Å²) in [7, 11) is 0. The number of amides is 1. The number of ether oxygens (including phenoxy) is 1.